The van der Waals surface area contributed by atoms with Gasteiger partial charge in [-0.1, -0.05) is 5.16 Å². The molecular weight excluding hydrogens is 494 g/mol. The fraction of sp³-hybridized carbons (Fsp3) is 0.375. The van der Waals surface area contributed by atoms with Crippen LogP contribution < -0.4 is 20.8 Å². The van der Waals surface area contributed by atoms with Gasteiger partial charge in [0, 0.05) is 22.2 Å². The number of thioether (sulfide) groups is 2. The molecule has 2 atom stereocenters. The van der Waals surface area contributed by atoms with E-state index in [1.807, 2.05) is 9.36 Å². The number of nitrogens with two attached hydrogens (primary N) is 1. The third kappa shape index (κ3) is 3.70. The van der Waals surface area contributed by atoms with Gasteiger partial charge in [0.25, 0.3) is 11.8 Å². The lowest BCUT2D eigenvalue weighted by atomic mass is 10.0. The highest BCUT2D eigenvalue weighted by Crippen LogP contribution is 2.44. The number of oxime groups is 1. The average molecular weight is 510 g/mol. The monoisotopic (exact) mass is 509 g/mol. The molecule has 0 spiro atoms. The summed E-state index contributed by atoms with van der Waals surface area (Å²) in [6.07, 6.45) is 3.40. The molecular formula is C16H15N9O5S3. The third-order valence-electron chi connectivity index (χ3n) is 5.20. The van der Waals surface area contributed by atoms with Gasteiger partial charge in [0.05, 0.1) is 23.5 Å². The van der Waals surface area contributed by atoms with Gasteiger partial charge in [-0.05, 0) is 4.98 Å². The minimum atomic E-state index is -1.45. The number of fused-ring (bicyclic) bond motifs is 2. The maximum absolute atomic E-state index is 12.8. The minimum Gasteiger partial charge on any atom is -0.543 e. The molecule has 33 heavy (non-hydrogen) atoms. The van der Waals surface area contributed by atoms with Crippen molar-refractivity contribution in [3.63, 3.8) is 0 Å². The maximum atomic E-state index is 12.8. The smallest absolute Gasteiger partial charge is 0.306 e. The number of carbonyl (C=O) groups excluding carboxylic acids is 3. The summed E-state index contributed by atoms with van der Waals surface area (Å²) >= 11 is 3.54. The molecule has 2 aromatic heterocycles. The highest BCUT2D eigenvalue weighted by atomic mass is 32.2. The molecule has 0 radical (unpaired) electrons. The fourth-order valence-corrected chi connectivity index (χ4v) is 7.03. The van der Waals surface area contributed by atoms with Gasteiger partial charge in [0.2, 0.25) is 17.9 Å². The third-order valence-corrected chi connectivity index (χ3v) is 8.46. The van der Waals surface area contributed by atoms with Gasteiger partial charge in [-0.15, -0.1) is 23.5 Å². The van der Waals surface area contributed by atoms with Gasteiger partial charge in [-0.2, -0.15) is 18.7 Å². The summed E-state index contributed by atoms with van der Waals surface area (Å²) in [5.41, 5.74) is 4.81. The summed E-state index contributed by atoms with van der Waals surface area (Å²) in [7, 11) is 0. The number of hydrogen-bond acceptors (Lipinski definition) is 13. The summed E-state index contributed by atoms with van der Waals surface area (Å²) in [5.74, 6) is -2.77. The van der Waals surface area contributed by atoms with Crippen molar-refractivity contribution in [2.24, 2.45) is 5.16 Å². The van der Waals surface area contributed by atoms with Crippen molar-refractivity contribution in [3.05, 3.63) is 29.1 Å². The van der Waals surface area contributed by atoms with Crippen LogP contribution in [0.2, 0.25) is 0 Å². The number of aliphatic carboxylic acids is 1. The number of aromatic nitrogens is 5. The standard InChI is InChI=1S/C16H15N9O5S3/c17-16-20-11(22-33-16)8(21-30)12(26)19-9-13(27)25-10(15(28)29)7(3-31-14(9)25)32-6-1-23-4-18-5-24(23)2-6/h4-6,9,14H,1-3H2,(H4-,17,19,20,22,26,28,29,30)/t9-,14-/m1/s1. The average Bonchev–Trinajstić information content (AvgIpc) is 3.49. The van der Waals surface area contributed by atoms with E-state index >= 15 is 0 Å². The number of carbonyl (C=O) groups is 3. The zero-order chi connectivity index (χ0) is 23.3. The van der Waals surface area contributed by atoms with Crippen molar-refractivity contribution in [2.75, 3.05) is 11.5 Å². The molecule has 0 aromatic carbocycles. The van der Waals surface area contributed by atoms with Crippen LogP contribution in [0.15, 0.2) is 28.4 Å². The van der Waals surface area contributed by atoms with Crippen LogP contribution >= 0.6 is 35.1 Å². The van der Waals surface area contributed by atoms with Gasteiger partial charge in [-0.3, -0.25) is 14.5 Å². The summed E-state index contributed by atoms with van der Waals surface area (Å²) in [5, 5.41) is 26.0. The quantitative estimate of drug-likeness (QED) is 0.118. The molecule has 3 aliphatic rings. The van der Waals surface area contributed by atoms with E-state index in [-0.39, 0.29) is 21.9 Å². The predicted molar refractivity (Wildman–Crippen MR) is 114 cm³/mol. The van der Waals surface area contributed by atoms with Crippen molar-refractivity contribution >= 4 is 63.7 Å². The molecule has 3 aliphatic heterocycles. The van der Waals surface area contributed by atoms with Crippen LogP contribution in [0, 0.1) is 0 Å². The summed E-state index contributed by atoms with van der Waals surface area (Å²) in [6.45, 7) is 1.32. The first-order chi connectivity index (χ1) is 15.9. The Morgan fingerprint density at radius 1 is 1.45 bits per heavy atom. The first kappa shape index (κ1) is 21.7. The first-order valence-electron chi connectivity index (χ1n) is 9.45. The van der Waals surface area contributed by atoms with E-state index in [2.05, 4.69) is 24.8 Å². The van der Waals surface area contributed by atoms with Crippen LogP contribution in [0.3, 0.4) is 0 Å². The van der Waals surface area contributed by atoms with E-state index in [1.165, 1.54) is 23.5 Å². The molecule has 17 heteroatoms. The Balaban J connectivity index is 1.30. The number of nitrogens with one attached hydrogen (secondary N) is 1. The Morgan fingerprint density at radius 2 is 2.27 bits per heavy atom. The number of amides is 2. The molecule has 0 saturated carbocycles. The Hall–Kier alpha value is -3.18. The van der Waals surface area contributed by atoms with E-state index in [9.17, 15) is 24.7 Å². The Morgan fingerprint density at radius 3 is 2.94 bits per heavy atom. The van der Waals surface area contributed by atoms with Crippen molar-refractivity contribution in [2.45, 2.75) is 29.8 Å². The number of nitrogen functional groups attached to an aromatic ring is 1. The zero-order valence-electron chi connectivity index (χ0n) is 16.5. The van der Waals surface area contributed by atoms with Gasteiger partial charge in [0.1, 0.15) is 18.0 Å². The van der Waals surface area contributed by atoms with Crippen LogP contribution in [0.1, 0.15) is 5.82 Å². The largest absolute Gasteiger partial charge is 0.543 e. The fourth-order valence-electron chi connectivity index (χ4n) is 3.77. The lowest BCUT2D eigenvalue weighted by Crippen LogP contribution is -2.71. The number of hydrogen-bond donors (Lipinski definition) is 3. The summed E-state index contributed by atoms with van der Waals surface area (Å²) in [6, 6.07) is -1.01. The van der Waals surface area contributed by atoms with E-state index < -0.39 is 34.9 Å². The molecule has 0 bridgehead atoms. The highest BCUT2D eigenvalue weighted by Gasteiger charge is 2.53. The molecule has 5 rings (SSSR count). The molecule has 14 nitrogen and oxygen atoms in total. The molecule has 0 aliphatic carbocycles. The van der Waals surface area contributed by atoms with E-state index in [4.69, 9.17) is 5.73 Å². The van der Waals surface area contributed by atoms with Gasteiger partial charge < -0.3 is 26.2 Å². The second-order valence-corrected chi connectivity index (χ2v) is 10.5. The lowest BCUT2D eigenvalue weighted by Gasteiger charge is -2.50. The number of anilines is 1. The number of nitrogens with zero attached hydrogens (tertiary/aromatic N) is 7. The number of rotatable bonds is 6. The number of carboxylic acid groups (broad SMARTS) is 1. The Kier molecular flexibility index (Phi) is 5.45. The van der Waals surface area contributed by atoms with E-state index in [1.54, 1.807) is 12.7 Å². The van der Waals surface area contributed by atoms with Gasteiger partial charge in [-0.25, -0.2) is 0 Å². The van der Waals surface area contributed by atoms with Crippen LogP contribution in [0.25, 0.3) is 0 Å². The molecule has 172 valence electrons. The second kappa shape index (κ2) is 8.31. The van der Waals surface area contributed by atoms with Crippen LogP contribution in [-0.2, 0) is 27.5 Å². The summed E-state index contributed by atoms with van der Waals surface area (Å²) < 4.78 is 7.68. The normalized spacial score (nSPS) is 24.4. The van der Waals surface area contributed by atoms with Crippen LogP contribution in [-0.4, -0.2) is 75.0 Å². The minimum absolute atomic E-state index is 0.0751. The SMILES string of the molecule is Nc1nc(/C(=N/O)C(=O)N[C@@H]2C(=O)N3C(C(=O)[O-])=C(SC4Cn5cnc[n+]5C4)CS[C@H]23)ns1. The highest BCUT2D eigenvalue weighted by molar-refractivity contribution is 8.06. The Labute approximate surface area is 197 Å². The zero-order valence-corrected chi connectivity index (χ0v) is 19.0. The van der Waals surface area contributed by atoms with E-state index in [0.29, 0.717) is 23.7 Å². The molecule has 2 amide bonds. The molecule has 4 N–H and O–H groups in total. The summed E-state index contributed by atoms with van der Waals surface area (Å²) in [4.78, 5) is 46.8. The van der Waals surface area contributed by atoms with E-state index in [0.717, 1.165) is 16.4 Å². The second-order valence-electron chi connectivity index (χ2n) is 7.19. The first-order valence-corrected chi connectivity index (χ1v) is 12.2. The Bertz CT molecular complexity index is 1200. The van der Waals surface area contributed by atoms with Crippen LogP contribution in [0.5, 0.6) is 0 Å². The van der Waals surface area contributed by atoms with Crippen LogP contribution in [0.4, 0.5) is 5.13 Å². The lowest BCUT2D eigenvalue weighted by molar-refractivity contribution is -0.758. The molecule has 1 saturated heterocycles. The van der Waals surface area contributed by atoms with Crippen molar-refractivity contribution in [1.82, 2.24) is 29.2 Å². The molecule has 1 fully saturated rings. The molecule has 5 heterocycles. The number of carboxylic acids is 1. The topological polar surface area (TPSA) is 196 Å². The van der Waals surface area contributed by atoms with Crippen molar-refractivity contribution < 1.29 is 29.4 Å². The number of β-lactam (4-membered cyclic amide) rings is 1. The maximum Gasteiger partial charge on any atom is 0.306 e. The van der Waals surface area contributed by atoms with Crippen molar-refractivity contribution in [3.8, 4) is 0 Å². The van der Waals surface area contributed by atoms with Crippen molar-refractivity contribution in [1.29, 1.82) is 0 Å². The van der Waals surface area contributed by atoms with Gasteiger partial charge >= 0.3 is 6.33 Å². The predicted octanol–water partition coefficient (Wildman–Crippen LogP) is -3.04. The molecule has 0 unspecified atom stereocenters. The molecule has 2 aromatic rings. The van der Waals surface area contributed by atoms with Gasteiger partial charge in [0.15, 0.2) is 5.13 Å².